The summed E-state index contributed by atoms with van der Waals surface area (Å²) in [6.45, 7) is 4.34. The van der Waals surface area contributed by atoms with Crippen molar-refractivity contribution in [3.05, 3.63) is 33.9 Å². The number of hydrogen-bond donors (Lipinski definition) is 1. The molecule has 0 saturated heterocycles. The summed E-state index contributed by atoms with van der Waals surface area (Å²) in [6, 6.07) is 5.40. The second-order valence-electron chi connectivity index (χ2n) is 4.93. The van der Waals surface area contributed by atoms with E-state index < -0.39 is 0 Å². The first-order chi connectivity index (χ1) is 8.99. The highest BCUT2D eigenvalue weighted by molar-refractivity contribution is 6.42. The van der Waals surface area contributed by atoms with Gasteiger partial charge in [0.05, 0.1) is 21.3 Å². The Morgan fingerprint density at radius 3 is 2.63 bits per heavy atom. The van der Waals surface area contributed by atoms with Crippen molar-refractivity contribution in [3.8, 4) is 11.1 Å². The lowest BCUT2D eigenvalue weighted by atomic mass is 10.00. The van der Waals surface area contributed by atoms with Crippen molar-refractivity contribution in [1.82, 2.24) is 5.16 Å². The highest BCUT2D eigenvalue weighted by Crippen LogP contribution is 2.34. The number of halogens is 2. The molecule has 0 aliphatic rings. The van der Waals surface area contributed by atoms with Gasteiger partial charge in [-0.05, 0) is 36.5 Å². The van der Waals surface area contributed by atoms with Crippen LogP contribution in [0.3, 0.4) is 0 Å². The third-order valence-corrected chi connectivity index (χ3v) is 3.69. The molecule has 1 heterocycles. The average molecular weight is 299 g/mol. The van der Waals surface area contributed by atoms with Crippen LogP contribution >= 0.6 is 23.2 Å². The molecule has 0 spiro atoms. The van der Waals surface area contributed by atoms with Crippen molar-refractivity contribution in [2.24, 2.45) is 5.92 Å². The molecule has 2 aromatic rings. The van der Waals surface area contributed by atoms with Crippen LogP contribution in [0.15, 0.2) is 22.7 Å². The van der Waals surface area contributed by atoms with Crippen LogP contribution in [0.25, 0.3) is 11.1 Å². The number of anilines is 1. The molecule has 0 bridgehead atoms. The largest absolute Gasteiger partial charge is 0.367 e. The van der Waals surface area contributed by atoms with Crippen molar-refractivity contribution in [1.29, 1.82) is 0 Å². The summed E-state index contributed by atoms with van der Waals surface area (Å²) in [6.07, 6.45) is 1.86. The Morgan fingerprint density at radius 1 is 1.26 bits per heavy atom. The predicted octanol–water partition coefficient (Wildman–Crippen LogP) is 4.82. The fourth-order valence-corrected chi connectivity index (χ4v) is 2.19. The maximum absolute atomic E-state index is 6.04. The number of nitrogens with two attached hydrogens (primary N) is 1. The monoisotopic (exact) mass is 298 g/mol. The molecule has 2 N–H and O–H groups in total. The summed E-state index contributed by atoms with van der Waals surface area (Å²) in [5, 5.41) is 5.05. The Labute approximate surface area is 122 Å². The molecule has 0 fully saturated rings. The maximum Gasteiger partial charge on any atom is 0.230 e. The summed E-state index contributed by atoms with van der Waals surface area (Å²) in [4.78, 5) is 0. The van der Waals surface area contributed by atoms with Crippen LogP contribution in [-0.2, 0) is 6.42 Å². The third-order valence-electron chi connectivity index (χ3n) is 2.96. The van der Waals surface area contributed by atoms with Crippen LogP contribution < -0.4 is 5.73 Å². The van der Waals surface area contributed by atoms with Crippen LogP contribution in [0.2, 0.25) is 10.0 Å². The highest BCUT2D eigenvalue weighted by atomic mass is 35.5. The molecule has 0 atom stereocenters. The average Bonchev–Trinajstić information content (AvgIpc) is 2.71. The van der Waals surface area contributed by atoms with Crippen LogP contribution in [0.4, 0.5) is 5.88 Å². The zero-order valence-electron chi connectivity index (χ0n) is 10.9. The summed E-state index contributed by atoms with van der Waals surface area (Å²) in [5.74, 6) is 0.914. The van der Waals surface area contributed by atoms with Crippen LogP contribution in [0.1, 0.15) is 26.0 Å². The van der Waals surface area contributed by atoms with E-state index in [1.165, 1.54) is 0 Å². The summed E-state index contributed by atoms with van der Waals surface area (Å²) in [5.41, 5.74) is 8.43. The van der Waals surface area contributed by atoms with Crippen molar-refractivity contribution < 1.29 is 4.52 Å². The number of nitrogens with zero attached hydrogens (tertiary/aromatic N) is 1. The molecule has 2 rings (SSSR count). The van der Waals surface area contributed by atoms with Gasteiger partial charge in [0.1, 0.15) is 0 Å². The number of benzene rings is 1. The van der Waals surface area contributed by atoms with E-state index in [0.29, 0.717) is 21.8 Å². The Balaban J connectivity index is 2.37. The summed E-state index contributed by atoms with van der Waals surface area (Å²) >= 11 is 12.0. The van der Waals surface area contributed by atoms with Gasteiger partial charge in [0.25, 0.3) is 0 Å². The zero-order chi connectivity index (χ0) is 14.0. The number of hydrogen-bond acceptors (Lipinski definition) is 3. The fraction of sp³-hybridized carbons (Fsp3) is 0.357. The Bertz CT molecular complexity index is 579. The standard InChI is InChI=1S/C14H16Cl2N2O/c1-8(2)3-6-12-13(14(17)19-18-12)9-4-5-10(15)11(16)7-9/h4-5,7-8H,3,6,17H2,1-2H3. The van der Waals surface area contributed by atoms with Crippen LogP contribution in [0.5, 0.6) is 0 Å². The number of aryl methyl sites for hydroxylation is 1. The Morgan fingerprint density at radius 2 is 2.00 bits per heavy atom. The molecular weight excluding hydrogens is 283 g/mol. The summed E-state index contributed by atoms with van der Waals surface area (Å²) in [7, 11) is 0. The molecule has 19 heavy (non-hydrogen) atoms. The molecule has 0 amide bonds. The van der Waals surface area contributed by atoms with Gasteiger partial charge in [-0.25, -0.2) is 0 Å². The third kappa shape index (κ3) is 3.23. The molecule has 5 heteroatoms. The molecule has 0 aliphatic carbocycles. The molecule has 0 saturated carbocycles. The fourth-order valence-electron chi connectivity index (χ4n) is 1.89. The molecule has 3 nitrogen and oxygen atoms in total. The Kier molecular flexibility index (Phi) is 4.38. The first-order valence-corrected chi connectivity index (χ1v) is 6.94. The minimum absolute atomic E-state index is 0.317. The first kappa shape index (κ1) is 14.2. The zero-order valence-corrected chi connectivity index (χ0v) is 12.4. The molecule has 0 radical (unpaired) electrons. The maximum atomic E-state index is 6.04. The van der Waals surface area contributed by atoms with Crippen molar-refractivity contribution >= 4 is 29.1 Å². The minimum Gasteiger partial charge on any atom is -0.367 e. The molecular formula is C14H16Cl2N2O. The van der Waals surface area contributed by atoms with Gasteiger partial charge in [0.2, 0.25) is 5.88 Å². The van der Waals surface area contributed by atoms with Crippen molar-refractivity contribution in [3.63, 3.8) is 0 Å². The van der Waals surface area contributed by atoms with Gasteiger partial charge < -0.3 is 10.3 Å². The van der Waals surface area contributed by atoms with Gasteiger partial charge in [-0.3, -0.25) is 0 Å². The second-order valence-corrected chi connectivity index (χ2v) is 5.74. The molecule has 1 aromatic carbocycles. The van der Waals surface area contributed by atoms with Gasteiger partial charge in [-0.1, -0.05) is 48.3 Å². The van der Waals surface area contributed by atoms with E-state index in [1.54, 1.807) is 12.1 Å². The van der Waals surface area contributed by atoms with E-state index in [4.69, 9.17) is 33.5 Å². The van der Waals surface area contributed by atoms with Crippen molar-refractivity contribution in [2.45, 2.75) is 26.7 Å². The van der Waals surface area contributed by atoms with Gasteiger partial charge in [-0.15, -0.1) is 0 Å². The van der Waals surface area contributed by atoms with Crippen LogP contribution in [-0.4, -0.2) is 5.16 Å². The number of rotatable bonds is 4. The first-order valence-electron chi connectivity index (χ1n) is 6.18. The lowest BCUT2D eigenvalue weighted by Crippen LogP contribution is -1.95. The lowest BCUT2D eigenvalue weighted by Gasteiger charge is -2.06. The van der Waals surface area contributed by atoms with E-state index in [2.05, 4.69) is 19.0 Å². The van der Waals surface area contributed by atoms with Gasteiger partial charge in [0.15, 0.2) is 0 Å². The summed E-state index contributed by atoms with van der Waals surface area (Å²) < 4.78 is 5.10. The minimum atomic E-state index is 0.317. The Hall–Kier alpha value is -1.19. The predicted molar refractivity (Wildman–Crippen MR) is 79.5 cm³/mol. The van der Waals surface area contributed by atoms with E-state index in [0.717, 1.165) is 29.7 Å². The lowest BCUT2D eigenvalue weighted by molar-refractivity contribution is 0.423. The number of aromatic nitrogens is 1. The van der Waals surface area contributed by atoms with E-state index in [-0.39, 0.29) is 0 Å². The van der Waals surface area contributed by atoms with Gasteiger partial charge >= 0.3 is 0 Å². The smallest absolute Gasteiger partial charge is 0.230 e. The SMILES string of the molecule is CC(C)CCc1noc(N)c1-c1ccc(Cl)c(Cl)c1. The van der Waals surface area contributed by atoms with Crippen molar-refractivity contribution in [2.75, 3.05) is 5.73 Å². The van der Waals surface area contributed by atoms with Crippen LogP contribution in [0, 0.1) is 5.92 Å². The normalized spacial score (nSPS) is 11.2. The number of nitrogen functional groups attached to an aromatic ring is 1. The van der Waals surface area contributed by atoms with Gasteiger partial charge in [0, 0.05) is 0 Å². The highest BCUT2D eigenvalue weighted by Gasteiger charge is 2.16. The quantitative estimate of drug-likeness (QED) is 0.880. The second kappa shape index (κ2) is 5.85. The van der Waals surface area contributed by atoms with E-state index >= 15 is 0 Å². The molecule has 102 valence electrons. The van der Waals surface area contributed by atoms with E-state index in [9.17, 15) is 0 Å². The molecule has 0 aliphatic heterocycles. The topological polar surface area (TPSA) is 52.0 Å². The van der Waals surface area contributed by atoms with E-state index in [1.807, 2.05) is 6.07 Å². The van der Waals surface area contributed by atoms with Gasteiger partial charge in [-0.2, -0.15) is 0 Å². The molecule has 0 unspecified atom stereocenters. The molecule has 1 aromatic heterocycles.